The maximum atomic E-state index is 11.6. The first kappa shape index (κ1) is 18.7. The van der Waals surface area contributed by atoms with Crippen LogP contribution in [0.3, 0.4) is 0 Å². The standard InChI is InChI=1S/C21H22O4/c1-23-21-12-10-19(11-13-21)16-25-17-20(22)9-5-6-14-24-15-18-7-3-2-4-8-18/h2-4,7-8,10-13H,6,14-17H2,1H3. The lowest BCUT2D eigenvalue weighted by Crippen LogP contribution is -2.06. The highest BCUT2D eigenvalue weighted by atomic mass is 16.5. The number of hydrogen-bond donors (Lipinski definition) is 0. The second-order valence-corrected chi connectivity index (χ2v) is 5.35. The molecule has 0 spiro atoms. The summed E-state index contributed by atoms with van der Waals surface area (Å²) < 4.78 is 16.0. The van der Waals surface area contributed by atoms with E-state index in [1.165, 1.54) is 0 Å². The molecule has 130 valence electrons. The maximum Gasteiger partial charge on any atom is 0.231 e. The van der Waals surface area contributed by atoms with Crippen LogP contribution in [0.1, 0.15) is 17.5 Å². The molecule has 0 amide bonds. The van der Waals surface area contributed by atoms with Crippen LogP contribution in [0.25, 0.3) is 0 Å². The molecule has 0 N–H and O–H groups in total. The van der Waals surface area contributed by atoms with Crippen molar-refractivity contribution in [2.45, 2.75) is 19.6 Å². The van der Waals surface area contributed by atoms with E-state index in [0.717, 1.165) is 16.9 Å². The Kier molecular flexibility index (Phi) is 8.26. The first-order valence-electron chi connectivity index (χ1n) is 8.12. The van der Waals surface area contributed by atoms with E-state index in [4.69, 9.17) is 14.2 Å². The molecule has 0 atom stereocenters. The Morgan fingerprint density at radius 2 is 1.60 bits per heavy atom. The number of Topliss-reactive ketones (excluding diaryl/α,β-unsaturated/α-hetero) is 1. The molecule has 0 heterocycles. The Balaban J connectivity index is 1.56. The van der Waals surface area contributed by atoms with Crippen molar-refractivity contribution in [1.82, 2.24) is 0 Å². The third-order valence-corrected chi connectivity index (χ3v) is 3.37. The summed E-state index contributed by atoms with van der Waals surface area (Å²) in [6, 6.07) is 17.5. The molecule has 0 unspecified atom stereocenters. The molecule has 2 rings (SSSR count). The number of rotatable bonds is 9. The van der Waals surface area contributed by atoms with Crippen molar-refractivity contribution >= 4 is 5.78 Å². The zero-order valence-corrected chi connectivity index (χ0v) is 14.4. The van der Waals surface area contributed by atoms with Gasteiger partial charge in [0, 0.05) is 6.42 Å². The van der Waals surface area contributed by atoms with Crippen molar-refractivity contribution in [3.8, 4) is 17.6 Å². The zero-order chi connectivity index (χ0) is 17.7. The third kappa shape index (κ3) is 7.67. The van der Waals surface area contributed by atoms with Crippen LogP contribution in [-0.2, 0) is 27.5 Å². The fourth-order valence-electron chi connectivity index (χ4n) is 2.07. The molecule has 2 aromatic carbocycles. The lowest BCUT2D eigenvalue weighted by atomic mass is 10.2. The number of methoxy groups -OCH3 is 1. The van der Waals surface area contributed by atoms with Crippen molar-refractivity contribution < 1.29 is 19.0 Å². The van der Waals surface area contributed by atoms with Crippen molar-refractivity contribution in [1.29, 1.82) is 0 Å². The largest absolute Gasteiger partial charge is 0.497 e. The maximum absolute atomic E-state index is 11.6. The van der Waals surface area contributed by atoms with Gasteiger partial charge in [-0.1, -0.05) is 48.4 Å². The molecule has 0 fully saturated rings. The minimum Gasteiger partial charge on any atom is -0.497 e. The van der Waals surface area contributed by atoms with Gasteiger partial charge in [0.05, 0.1) is 26.9 Å². The van der Waals surface area contributed by atoms with E-state index < -0.39 is 0 Å². The Hall–Kier alpha value is -2.61. The predicted octanol–water partition coefficient (Wildman–Crippen LogP) is 3.39. The number of ether oxygens (including phenoxy) is 3. The van der Waals surface area contributed by atoms with Crippen LogP contribution in [0, 0.1) is 11.8 Å². The van der Waals surface area contributed by atoms with Gasteiger partial charge in [0.25, 0.3) is 0 Å². The van der Waals surface area contributed by atoms with Gasteiger partial charge >= 0.3 is 0 Å². The molecule has 4 nitrogen and oxygen atoms in total. The lowest BCUT2D eigenvalue weighted by molar-refractivity contribution is -0.118. The van der Waals surface area contributed by atoms with Gasteiger partial charge in [-0.3, -0.25) is 4.79 Å². The van der Waals surface area contributed by atoms with Crippen LogP contribution in [0.15, 0.2) is 54.6 Å². The van der Waals surface area contributed by atoms with Crippen LogP contribution >= 0.6 is 0 Å². The highest BCUT2D eigenvalue weighted by molar-refractivity contribution is 5.96. The van der Waals surface area contributed by atoms with Crippen molar-refractivity contribution in [3.63, 3.8) is 0 Å². The summed E-state index contributed by atoms with van der Waals surface area (Å²) in [5.74, 6) is 5.95. The van der Waals surface area contributed by atoms with Crippen LogP contribution in [0.2, 0.25) is 0 Å². The van der Waals surface area contributed by atoms with E-state index in [2.05, 4.69) is 11.8 Å². The number of benzene rings is 2. The molecular weight excluding hydrogens is 316 g/mol. The summed E-state index contributed by atoms with van der Waals surface area (Å²) in [5, 5.41) is 0. The second kappa shape index (κ2) is 11.0. The minimum atomic E-state index is -0.225. The number of carbonyl (C=O) groups excluding carboxylic acids is 1. The Morgan fingerprint density at radius 1 is 0.920 bits per heavy atom. The molecule has 0 saturated carbocycles. The van der Waals surface area contributed by atoms with Crippen LogP contribution in [0.4, 0.5) is 0 Å². The number of ketones is 1. The first-order valence-corrected chi connectivity index (χ1v) is 8.12. The van der Waals surface area contributed by atoms with Crippen LogP contribution < -0.4 is 4.74 Å². The highest BCUT2D eigenvalue weighted by Crippen LogP contribution is 2.11. The molecule has 0 saturated heterocycles. The first-order chi connectivity index (χ1) is 12.3. The van der Waals surface area contributed by atoms with Crippen LogP contribution in [0.5, 0.6) is 5.75 Å². The molecule has 0 aromatic heterocycles. The van der Waals surface area contributed by atoms with E-state index in [1.807, 2.05) is 54.6 Å². The van der Waals surface area contributed by atoms with Gasteiger partial charge in [-0.2, -0.15) is 0 Å². The molecule has 25 heavy (non-hydrogen) atoms. The molecule has 0 bridgehead atoms. The van der Waals surface area contributed by atoms with E-state index in [1.54, 1.807) is 7.11 Å². The average molecular weight is 338 g/mol. The molecular formula is C21H22O4. The molecule has 0 aliphatic heterocycles. The van der Waals surface area contributed by atoms with Crippen molar-refractivity contribution in [2.75, 3.05) is 20.3 Å². The van der Waals surface area contributed by atoms with Gasteiger partial charge < -0.3 is 14.2 Å². The zero-order valence-electron chi connectivity index (χ0n) is 14.4. The third-order valence-electron chi connectivity index (χ3n) is 3.37. The van der Waals surface area contributed by atoms with E-state index in [9.17, 15) is 4.79 Å². The molecule has 0 aliphatic carbocycles. The lowest BCUT2D eigenvalue weighted by Gasteiger charge is -2.03. The topological polar surface area (TPSA) is 44.8 Å². The highest BCUT2D eigenvalue weighted by Gasteiger charge is 1.99. The molecule has 4 heteroatoms. The molecule has 0 aliphatic rings. The number of carbonyl (C=O) groups is 1. The normalized spacial score (nSPS) is 9.96. The summed E-state index contributed by atoms with van der Waals surface area (Å²) in [6.45, 7) is 1.42. The summed E-state index contributed by atoms with van der Waals surface area (Å²) in [7, 11) is 1.62. The fraction of sp³-hybridized carbons (Fsp3) is 0.286. The van der Waals surface area contributed by atoms with E-state index in [-0.39, 0.29) is 12.4 Å². The Morgan fingerprint density at radius 3 is 2.32 bits per heavy atom. The van der Waals surface area contributed by atoms with Gasteiger partial charge in [0.1, 0.15) is 12.4 Å². The molecule has 0 radical (unpaired) electrons. The van der Waals surface area contributed by atoms with E-state index >= 15 is 0 Å². The van der Waals surface area contributed by atoms with Crippen molar-refractivity contribution in [2.24, 2.45) is 0 Å². The van der Waals surface area contributed by atoms with Gasteiger partial charge in [0.2, 0.25) is 5.78 Å². The second-order valence-electron chi connectivity index (χ2n) is 5.35. The smallest absolute Gasteiger partial charge is 0.231 e. The number of hydrogen-bond acceptors (Lipinski definition) is 4. The van der Waals surface area contributed by atoms with Crippen molar-refractivity contribution in [3.05, 3.63) is 65.7 Å². The minimum absolute atomic E-state index is 0.0100. The predicted molar refractivity (Wildman–Crippen MR) is 96.1 cm³/mol. The Labute approximate surface area is 148 Å². The average Bonchev–Trinajstić information content (AvgIpc) is 2.66. The Bertz CT molecular complexity index is 696. The quantitative estimate of drug-likeness (QED) is 0.399. The van der Waals surface area contributed by atoms with Gasteiger partial charge in [-0.05, 0) is 29.2 Å². The van der Waals surface area contributed by atoms with Gasteiger partial charge in [-0.15, -0.1) is 0 Å². The SMILES string of the molecule is COc1ccc(COCC(=O)C#CCCOCc2ccccc2)cc1. The van der Waals surface area contributed by atoms with Crippen LogP contribution in [-0.4, -0.2) is 26.1 Å². The summed E-state index contributed by atoms with van der Waals surface area (Å²) in [4.78, 5) is 11.6. The van der Waals surface area contributed by atoms with Gasteiger partial charge in [0.15, 0.2) is 0 Å². The molecule has 2 aromatic rings. The summed E-state index contributed by atoms with van der Waals surface area (Å²) >= 11 is 0. The fourth-order valence-corrected chi connectivity index (χ4v) is 2.07. The van der Waals surface area contributed by atoms with E-state index in [0.29, 0.717) is 26.2 Å². The monoisotopic (exact) mass is 338 g/mol. The van der Waals surface area contributed by atoms with Gasteiger partial charge in [-0.25, -0.2) is 0 Å². The summed E-state index contributed by atoms with van der Waals surface area (Å²) in [5.41, 5.74) is 2.11. The summed E-state index contributed by atoms with van der Waals surface area (Å²) in [6.07, 6.45) is 0.525.